The van der Waals surface area contributed by atoms with E-state index in [1.54, 1.807) is 30.5 Å². The normalized spacial score (nSPS) is 13.7. The van der Waals surface area contributed by atoms with Gasteiger partial charge in [-0.2, -0.15) is 0 Å². The van der Waals surface area contributed by atoms with Crippen LogP contribution in [0.5, 0.6) is 0 Å². The maximum absolute atomic E-state index is 12.6. The largest absolute Gasteiger partial charge is 0.353 e. The van der Waals surface area contributed by atoms with E-state index in [1.807, 2.05) is 47.4 Å². The van der Waals surface area contributed by atoms with E-state index in [1.165, 1.54) is 0 Å². The molecule has 1 aliphatic heterocycles. The van der Waals surface area contributed by atoms with Crippen molar-refractivity contribution in [2.75, 3.05) is 36.4 Å². The Balaban J connectivity index is 1.29. The molecule has 0 saturated carbocycles. The van der Waals surface area contributed by atoms with Gasteiger partial charge in [-0.15, -0.1) is 0 Å². The molecule has 158 valence electrons. The van der Waals surface area contributed by atoms with Gasteiger partial charge in [0.2, 0.25) is 5.91 Å². The van der Waals surface area contributed by atoms with Crippen molar-refractivity contribution in [1.82, 2.24) is 9.88 Å². The third kappa shape index (κ3) is 5.41. The fourth-order valence-corrected chi connectivity index (χ4v) is 3.67. The van der Waals surface area contributed by atoms with Crippen LogP contribution in [0.2, 0.25) is 5.02 Å². The summed E-state index contributed by atoms with van der Waals surface area (Å²) in [6, 6.07) is 20.3. The second-order valence-corrected chi connectivity index (χ2v) is 7.84. The number of aromatic nitrogens is 1. The van der Waals surface area contributed by atoms with E-state index in [0.29, 0.717) is 48.9 Å². The van der Waals surface area contributed by atoms with Gasteiger partial charge in [0.15, 0.2) is 0 Å². The molecule has 0 spiro atoms. The van der Waals surface area contributed by atoms with Crippen LogP contribution in [0.3, 0.4) is 0 Å². The second-order valence-electron chi connectivity index (χ2n) is 7.40. The van der Waals surface area contributed by atoms with Gasteiger partial charge in [-0.3, -0.25) is 9.59 Å². The van der Waals surface area contributed by atoms with Crippen molar-refractivity contribution in [3.8, 4) is 0 Å². The number of carbonyl (C=O) groups excluding carboxylic acids is 2. The quantitative estimate of drug-likeness (QED) is 0.661. The zero-order valence-electron chi connectivity index (χ0n) is 17.0. The van der Waals surface area contributed by atoms with Crippen LogP contribution in [0.25, 0.3) is 0 Å². The van der Waals surface area contributed by atoms with Crippen LogP contribution in [0.15, 0.2) is 72.9 Å². The summed E-state index contributed by atoms with van der Waals surface area (Å²) < 4.78 is 0. The number of pyridine rings is 1. The molecule has 0 radical (unpaired) electrons. The van der Waals surface area contributed by atoms with E-state index in [2.05, 4.69) is 15.2 Å². The summed E-state index contributed by atoms with van der Waals surface area (Å²) in [4.78, 5) is 33.3. The first-order valence-corrected chi connectivity index (χ1v) is 10.6. The lowest BCUT2D eigenvalue weighted by Crippen LogP contribution is -2.49. The molecule has 3 aromatic rings. The van der Waals surface area contributed by atoms with Gasteiger partial charge in [-0.1, -0.05) is 41.9 Å². The van der Waals surface area contributed by atoms with Gasteiger partial charge in [0.1, 0.15) is 5.82 Å². The minimum Gasteiger partial charge on any atom is -0.353 e. The Labute approximate surface area is 186 Å². The SMILES string of the molecule is O=C(Cc1ccccc1)Nc1ccc(N2CCN(C(=O)c3ccc(Cl)cc3)CC2)nc1. The van der Waals surface area contributed by atoms with Crippen LogP contribution in [-0.2, 0) is 11.2 Å². The molecule has 6 nitrogen and oxygen atoms in total. The molecule has 1 fully saturated rings. The fraction of sp³-hybridized carbons (Fsp3) is 0.208. The molecule has 4 rings (SSSR count). The first-order valence-electron chi connectivity index (χ1n) is 10.2. The summed E-state index contributed by atoms with van der Waals surface area (Å²) >= 11 is 5.90. The highest BCUT2D eigenvalue weighted by atomic mass is 35.5. The first-order chi connectivity index (χ1) is 15.1. The summed E-state index contributed by atoms with van der Waals surface area (Å²) in [5.74, 6) is 0.774. The van der Waals surface area contributed by atoms with E-state index in [0.717, 1.165) is 11.4 Å². The highest BCUT2D eigenvalue weighted by Crippen LogP contribution is 2.18. The lowest BCUT2D eigenvalue weighted by atomic mass is 10.1. The molecule has 1 aromatic heterocycles. The molecule has 0 aliphatic carbocycles. The van der Waals surface area contributed by atoms with Crippen molar-refractivity contribution in [1.29, 1.82) is 0 Å². The van der Waals surface area contributed by atoms with E-state index < -0.39 is 0 Å². The van der Waals surface area contributed by atoms with Crippen LogP contribution in [-0.4, -0.2) is 47.9 Å². The average Bonchev–Trinajstić information content (AvgIpc) is 2.80. The average molecular weight is 435 g/mol. The molecule has 2 heterocycles. The molecule has 0 unspecified atom stereocenters. The number of nitrogens with one attached hydrogen (secondary N) is 1. The topological polar surface area (TPSA) is 65.5 Å². The van der Waals surface area contributed by atoms with Crippen LogP contribution in [0, 0.1) is 0 Å². The third-order valence-electron chi connectivity index (χ3n) is 5.22. The second kappa shape index (κ2) is 9.62. The van der Waals surface area contributed by atoms with E-state index in [9.17, 15) is 9.59 Å². The zero-order chi connectivity index (χ0) is 21.6. The van der Waals surface area contributed by atoms with Crippen molar-refractivity contribution in [3.05, 3.63) is 89.1 Å². The van der Waals surface area contributed by atoms with Crippen molar-refractivity contribution in [2.45, 2.75) is 6.42 Å². The third-order valence-corrected chi connectivity index (χ3v) is 5.47. The van der Waals surface area contributed by atoms with Crippen molar-refractivity contribution >= 4 is 34.9 Å². The predicted octanol–water partition coefficient (Wildman–Crippen LogP) is 3.88. The highest BCUT2D eigenvalue weighted by Gasteiger charge is 2.22. The predicted molar refractivity (Wildman–Crippen MR) is 123 cm³/mol. The van der Waals surface area contributed by atoms with Gasteiger partial charge < -0.3 is 15.1 Å². The summed E-state index contributed by atoms with van der Waals surface area (Å²) in [5, 5.41) is 3.50. The number of carbonyl (C=O) groups is 2. The Morgan fingerprint density at radius 1 is 0.903 bits per heavy atom. The van der Waals surface area contributed by atoms with Gasteiger partial charge in [0.05, 0.1) is 18.3 Å². The van der Waals surface area contributed by atoms with Crippen LogP contribution >= 0.6 is 11.6 Å². The number of rotatable bonds is 5. The Hall–Kier alpha value is -3.38. The molecule has 2 aromatic carbocycles. The van der Waals surface area contributed by atoms with Gasteiger partial charge in [0, 0.05) is 36.8 Å². The number of hydrogen-bond acceptors (Lipinski definition) is 4. The number of piperazine rings is 1. The molecule has 31 heavy (non-hydrogen) atoms. The number of anilines is 2. The minimum absolute atomic E-state index is 0.0146. The van der Waals surface area contributed by atoms with E-state index in [4.69, 9.17) is 11.6 Å². The molecule has 1 N–H and O–H groups in total. The number of amides is 2. The van der Waals surface area contributed by atoms with Crippen molar-refractivity contribution < 1.29 is 9.59 Å². The monoisotopic (exact) mass is 434 g/mol. The summed E-state index contributed by atoms with van der Waals surface area (Å²) in [6.07, 6.45) is 2.00. The Kier molecular flexibility index (Phi) is 6.48. The lowest BCUT2D eigenvalue weighted by molar-refractivity contribution is -0.115. The van der Waals surface area contributed by atoms with Gasteiger partial charge in [-0.25, -0.2) is 4.98 Å². The maximum Gasteiger partial charge on any atom is 0.253 e. The van der Waals surface area contributed by atoms with Crippen LogP contribution in [0.4, 0.5) is 11.5 Å². The minimum atomic E-state index is -0.0740. The zero-order valence-corrected chi connectivity index (χ0v) is 17.8. The molecular weight excluding hydrogens is 412 g/mol. The number of nitrogens with zero attached hydrogens (tertiary/aromatic N) is 3. The summed E-state index contributed by atoms with van der Waals surface area (Å²) in [7, 11) is 0. The first kappa shape index (κ1) is 20.9. The van der Waals surface area contributed by atoms with E-state index >= 15 is 0 Å². The van der Waals surface area contributed by atoms with Gasteiger partial charge in [0.25, 0.3) is 5.91 Å². The molecule has 7 heteroatoms. The van der Waals surface area contributed by atoms with Crippen LogP contribution in [0.1, 0.15) is 15.9 Å². The Bertz CT molecular complexity index is 1030. The number of halogens is 1. The summed E-state index contributed by atoms with van der Waals surface area (Å²) in [6.45, 7) is 2.65. The molecule has 0 bridgehead atoms. The van der Waals surface area contributed by atoms with Crippen molar-refractivity contribution in [2.24, 2.45) is 0 Å². The molecule has 1 aliphatic rings. The molecule has 1 saturated heterocycles. The van der Waals surface area contributed by atoms with Crippen molar-refractivity contribution in [3.63, 3.8) is 0 Å². The van der Waals surface area contributed by atoms with E-state index in [-0.39, 0.29) is 11.8 Å². The molecular formula is C24H23ClN4O2. The summed E-state index contributed by atoms with van der Waals surface area (Å²) in [5.41, 5.74) is 2.28. The van der Waals surface area contributed by atoms with Gasteiger partial charge in [-0.05, 0) is 42.0 Å². The maximum atomic E-state index is 12.6. The Morgan fingerprint density at radius 2 is 1.61 bits per heavy atom. The number of hydrogen-bond donors (Lipinski definition) is 1. The number of benzene rings is 2. The Morgan fingerprint density at radius 3 is 2.26 bits per heavy atom. The van der Waals surface area contributed by atoms with Gasteiger partial charge >= 0.3 is 0 Å². The lowest BCUT2D eigenvalue weighted by Gasteiger charge is -2.35. The smallest absolute Gasteiger partial charge is 0.253 e. The fourth-order valence-electron chi connectivity index (χ4n) is 3.55. The molecule has 2 amide bonds. The highest BCUT2D eigenvalue weighted by molar-refractivity contribution is 6.30. The standard InChI is InChI=1S/C24H23ClN4O2/c25-20-8-6-19(7-9-20)24(31)29-14-12-28(13-15-29)22-11-10-21(17-26-22)27-23(30)16-18-4-2-1-3-5-18/h1-11,17H,12-16H2,(H,27,30). The van der Waals surface area contributed by atoms with Crippen LogP contribution < -0.4 is 10.2 Å². The molecule has 0 atom stereocenters.